The summed E-state index contributed by atoms with van der Waals surface area (Å²) in [5.41, 5.74) is -2.46. The van der Waals surface area contributed by atoms with Crippen molar-refractivity contribution < 1.29 is 39.9 Å². The summed E-state index contributed by atoms with van der Waals surface area (Å²) in [5.74, 6) is -8.24. The third-order valence-electron chi connectivity index (χ3n) is 3.15. The molecule has 0 atom stereocenters. The highest BCUT2D eigenvalue weighted by molar-refractivity contribution is 5.89. The number of carbonyl (C=O) groups is 1. The van der Waals surface area contributed by atoms with Crippen LogP contribution in [0.5, 0.6) is 0 Å². The van der Waals surface area contributed by atoms with Gasteiger partial charge in [-0.3, -0.25) is 4.79 Å². The molecule has 0 amide bonds. The average Bonchev–Trinajstić information content (AvgIpc) is 2.52. The summed E-state index contributed by atoms with van der Waals surface area (Å²) < 4.78 is 103. The third-order valence-corrected chi connectivity index (χ3v) is 3.15. The Morgan fingerprint density at radius 1 is 0.840 bits per heavy atom. The lowest BCUT2D eigenvalue weighted by molar-refractivity contribution is -0.108. The monoisotopic (exact) mass is 366 g/mol. The van der Waals surface area contributed by atoms with Crippen LogP contribution < -0.4 is 0 Å². The fourth-order valence-electron chi connectivity index (χ4n) is 1.97. The van der Waals surface area contributed by atoms with Gasteiger partial charge in [0.05, 0.1) is 5.56 Å². The molecule has 132 valence electrons. The second-order valence-electron chi connectivity index (χ2n) is 4.79. The van der Waals surface area contributed by atoms with Gasteiger partial charge in [-0.2, -0.15) is 22.0 Å². The highest BCUT2D eigenvalue weighted by Crippen LogP contribution is 2.36. The van der Waals surface area contributed by atoms with E-state index >= 15 is 0 Å². The lowest BCUT2D eigenvalue weighted by Gasteiger charge is -2.09. The Morgan fingerprint density at radius 3 is 1.96 bits per heavy atom. The Bertz CT molecular complexity index is 867. The predicted molar refractivity (Wildman–Crippen MR) is 72.4 cm³/mol. The molecule has 2 rings (SSSR count). The molecule has 0 unspecified atom stereocenters. The second-order valence-corrected chi connectivity index (χ2v) is 4.79. The number of halogens is 8. The van der Waals surface area contributed by atoms with Crippen LogP contribution in [0.2, 0.25) is 0 Å². The molecule has 0 spiro atoms. The third kappa shape index (κ3) is 3.86. The van der Waals surface area contributed by atoms with Crippen molar-refractivity contribution in [3.8, 4) is 11.1 Å². The molecule has 0 saturated carbocycles. The van der Waals surface area contributed by atoms with Gasteiger partial charge in [0.25, 0.3) is 0 Å². The van der Waals surface area contributed by atoms with Crippen LogP contribution in [0.3, 0.4) is 0 Å². The minimum atomic E-state index is -5.63. The van der Waals surface area contributed by atoms with Gasteiger partial charge in [-0.15, -0.1) is 0 Å². The van der Waals surface area contributed by atoms with Crippen molar-refractivity contribution in [2.45, 2.75) is 6.18 Å². The first kappa shape index (κ1) is 18.6. The lowest BCUT2D eigenvalue weighted by Crippen LogP contribution is -2.09. The van der Waals surface area contributed by atoms with E-state index in [4.69, 9.17) is 0 Å². The summed E-state index contributed by atoms with van der Waals surface area (Å²) in [6, 6.07) is 2.29. The van der Waals surface area contributed by atoms with E-state index in [1.807, 2.05) is 0 Å². The van der Waals surface area contributed by atoms with Gasteiger partial charge in [-0.1, -0.05) is 12.1 Å². The van der Waals surface area contributed by atoms with E-state index in [1.165, 1.54) is 0 Å². The molecule has 0 fully saturated rings. The van der Waals surface area contributed by atoms with Gasteiger partial charge >= 0.3 is 12.2 Å². The zero-order valence-electron chi connectivity index (χ0n) is 11.9. The summed E-state index contributed by atoms with van der Waals surface area (Å²) in [4.78, 5) is 10.5. The van der Waals surface area contributed by atoms with Crippen LogP contribution >= 0.6 is 0 Å². The number of carbonyl (C=O) groups excluding carboxylic acids is 1. The van der Waals surface area contributed by atoms with E-state index in [0.29, 0.717) is 18.2 Å². The number of benzene rings is 2. The maximum atomic E-state index is 13.8. The molecule has 0 aliphatic carbocycles. The summed E-state index contributed by atoms with van der Waals surface area (Å²) in [5, 5.41) is 0. The standard InChI is InChI=1S/C16H6F8O/c17-11-6-8(15(21)25)2-3-9(11)7-1-4-10(12(18)5-7)13(19)14(20)16(22,23)24/h1-6H/b14-13+. The van der Waals surface area contributed by atoms with Gasteiger partial charge < -0.3 is 0 Å². The fourth-order valence-corrected chi connectivity index (χ4v) is 1.97. The normalized spacial score (nSPS) is 12.8. The Balaban J connectivity index is 2.49. The summed E-state index contributed by atoms with van der Waals surface area (Å²) in [6.45, 7) is 0. The molecule has 2 aromatic carbocycles. The molecule has 0 aromatic heterocycles. The van der Waals surface area contributed by atoms with Crippen LogP contribution in [0, 0.1) is 11.6 Å². The van der Waals surface area contributed by atoms with E-state index in [2.05, 4.69) is 0 Å². The van der Waals surface area contributed by atoms with Gasteiger partial charge in [0, 0.05) is 11.1 Å². The first-order chi connectivity index (χ1) is 11.5. The Labute approximate surface area is 135 Å². The summed E-state index contributed by atoms with van der Waals surface area (Å²) in [6.07, 6.45) is -5.63. The SMILES string of the molecule is O=C(F)c1ccc(-c2ccc(/C(F)=C(\F)C(F)(F)F)c(F)c2)c(F)c1. The zero-order chi connectivity index (χ0) is 18.9. The van der Waals surface area contributed by atoms with Crippen molar-refractivity contribution in [3.63, 3.8) is 0 Å². The second kappa shape index (κ2) is 6.66. The number of allylic oxidation sites excluding steroid dienone is 1. The maximum Gasteiger partial charge on any atom is 0.445 e. The Kier molecular flexibility index (Phi) is 4.96. The van der Waals surface area contributed by atoms with Crippen LogP contribution in [0.25, 0.3) is 17.0 Å². The predicted octanol–water partition coefficient (Wildman–Crippen LogP) is 5.91. The number of hydrogen-bond acceptors (Lipinski definition) is 1. The van der Waals surface area contributed by atoms with Crippen LogP contribution in [-0.2, 0) is 0 Å². The van der Waals surface area contributed by atoms with Crippen LogP contribution in [-0.4, -0.2) is 12.2 Å². The molecule has 0 N–H and O–H groups in total. The van der Waals surface area contributed by atoms with E-state index in [1.54, 1.807) is 0 Å². The average molecular weight is 366 g/mol. The minimum absolute atomic E-state index is 0.239. The van der Waals surface area contributed by atoms with Crippen LogP contribution in [0.4, 0.5) is 35.1 Å². The molecular formula is C16H6F8O. The molecule has 9 heteroatoms. The van der Waals surface area contributed by atoms with Crippen LogP contribution in [0.1, 0.15) is 15.9 Å². The molecule has 0 aliphatic heterocycles. The number of rotatable bonds is 3. The number of alkyl halides is 3. The molecule has 0 heterocycles. The largest absolute Gasteiger partial charge is 0.445 e. The Hall–Kier alpha value is -2.71. The van der Waals surface area contributed by atoms with E-state index in [-0.39, 0.29) is 11.1 Å². The van der Waals surface area contributed by atoms with E-state index in [0.717, 1.165) is 18.2 Å². The topological polar surface area (TPSA) is 17.1 Å². The quantitative estimate of drug-likeness (QED) is 0.487. The maximum absolute atomic E-state index is 13.8. The van der Waals surface area contributed by atoms with Crippen molar-refractivity contribution in [2.24, 2.45) is 0 Å². The zero-order valence-corrected chi connectivity index (χ0v) is 11.9. The van der Waals surface area contributed by atoms with Crippen LogP contribution in [0.15, 0.2) is 42.2 Å². The molecule has 0 saturated heterocycles. The van der Waals surface area contributed by atoms with Gasteiger partial charge in [-0.25, -0.2) is 13.2 Å². The summed E-state index contributed by atoms with van der Waals surface area (Å²) in [7, 11) is 0. The molecule has 0 bridgehead atoms. The smallest absolute Gasteiger partial charge is 0.255 e. The van der Waals surface area contributed by atoms with Gasteiger partial charge in [0.15, 0.2) is 5.83 Å². The molecule has 0 aliphatic rings. The first-order valence-corrected chi connectivity index (χ1v) is 6.44. The molecule has 0 radical (unpaired) electrons. The fraction of sp³-hybridized carbons (Fsp3) is 0.0625. The molecular weight excluding hydrogens is 360 g/mol. The van der Waals surface area contributed by atoms with E-state index in [9.17, 15) is 39.9 Å². The first-order valence-electron chi connectivity index (χ1n) is 6.44. The van der Waals surface area contributed by atoms with Gasteiger partial charge in [-0.05, 0) is 29.8 Å². The Morgan fingerprint density at radius 2 is 1.48 bits per heavy atom. The molecule has 1 nitrogen and oxygen atoms in total. The highest BCUT2D eigenvalue weighted by atomic mass is 19.4. The molecule has 2 aromatic rings. The van der Waals surface area contributed by atoms with Crippen molar-refractivity contribution >= 4 is 11.9 Å². The summed E-state index contributed by atoms with van der Waals surface area (Å²) >= 11 is 0. The van der Waals surface area contributed by atoms with Gasteiger partial charge in [0.1, 0.15) is 11.6 Å². The minimum Gasteiger partial charge on any atom is -0.255 e. The number of hydrogen-bond donors (Lipinski definition) is 0. The molecule has 25 heavy (non-hydrogen) atoms. The van der Waals surface area contributed by atoms with Crippen molar-refractivity contribution in [1.82, 2.24) is 0 Å². The van der Waals surface area contributed by atoms with Crippen molar-refractivity contribution in [2.75, 3.05) is 0 Å². The van der Waals surface area contributed by atoms with Crippen molar-refractivity contribution in [3.05, 3.63) is 65.0 Å². The van der Waals surface area contributed by atoms with Crippen molar-refractivity contribution in [1.29, 1.82) is 0 Å². The van der Waals surface area contributed by atoms with Gasteiger partial charge in [0.2, 0.25) is 5.83 Å². The van der Waals surface area contributed by atoms with E-state index < -0.39 is 46.6 Å². The highest BCUT2D eigenvalue weighted by Gasteiger charge is 2.39. The lowest BCUT2D eigenvalue weighted by atomic mass is 10.0.